The summed E-state index contributed by atoms with van der Waals surface area (Å²) >= 11 is 7.39. The van der Waals surface area contributed by atoms with E-state index in [0.717, 1.165) is 5.56 Å². The average Bonchev–Trinajstić information content (AvgIpc) is 2.93. The fourth-order valence-corrected chi connectivity index (χ4v) is 3.55. The van der Waals surface area contributed by atoms with Gasteiger partial charge in [-0.1, -0.05) is 17.7 Å². The smallest absolute Gasteiger partial charge is 0.266 e. The van der Waals surface area contributed by atoms with Crippen molar-refractivity contribution in [2.24, 2.45) is 4.99 Å². The summed E-state index contributed by atoms with van der Waals surface area (Å²) in [4.78, 5) is 23.1. The Morgan fingerprint density at radius 1 is 1.33 bits per heavy atom. The molecule has 27 heavy (non-hydrogen) atoms. The Labute approximate surface area is 166 Å². The summed E-state index contributed by atoms with van der Waals surface area (Å²) in [6, 6.07) is 7.24. The lowest BCUT2D eigenvalue weighted by atomic mass is 10.2. The zero-order valence-electron chi connectivity index (χ0n) is 15.1. The number of aromatic nitrogens is 1. The number of benzene rings is 1. The van der Waals surface area contributed by atoms with E-state index in [1.807, 2.05) is 25.1 Å². The van der Waals surface area contributed by atoms with Gasteiger partial charge in [-0.2, -0.15) is 0 Å². The van der Waals surface area contributed by atoms with Gasteiger partial charge in [0.25, 0.3) is 5.91 Å². The standard InChI is InChI=1S/C19H18ClN3O3S/c1-4-26-15-6-5-12(9-16(15)25-3)10-17-18(24)23(2)19(27-17)22-14-7-8-21-11-13(14)20/h5-11H,4H2,1-3H3/b17-10-,22-19?. The van der Waals surface area contributed by atoms with Gasteiger partial charge in [-0.05, 0) is 48.5 Å². The summed E-state index contributed by atoms with van der Waals surface area (Å²) in [6.07, 6.45) is 4.93. The van der Waals surface area contributed by atoms with Crippen LogP contribution in [0.3, 0.4) is 0 Å². The summed E-state index contributed by atoms with van der Waals surface area (Å²) in [5, 5.41) is 0.984. The number of amidine groups is 1. The number of halogens is 1. The molecule has 0 N–H and O–H groups in total. The van der Waals surface area contributed by atoms with Gasteiger partial charge in [-0.3, -0.25) is 14.7 Å². The molecule has 0 unspecified atom stereocenters. The molecule has 1 aromatic heterocycles. The van der Waals surface area contributed by atoms with Crippen molar-refractivity contribution in [1.29, 1.82) is 0 Å². The highest BCUT2D eigenvalue weighted by atomic mass is 35.5. The van der Waals surface area contributed by atoms with Crippen LogP contribution < -0.4 is 9.47 Å². The largest absolute Gasteiger partial charge is 0.493 e. The van der Waals surface area contributed by atoms with Gasteiger partial charge in [-0.25, -0.2) is 4.99 Å². The number of ether oxygens (including phenoxy) is 2. The van der Waals surface area contributed by atoms with Crippen LogP contribution in [0.5, 0.6) is 11.5 Å². The molecule has 3 rings (SSSR count). The Morgan fingerprint density at radius 2 is 2.15 bits per heavy atom. The lowest BCUT2D eigenvalue weighted by Crippen LogP contribution is -2.23. The minimum atomic E-state index is -0.128. The molecule has 0 bridgehead atoms. The maximum absolute atomic E-state index is 12.6. The van der Waals surface area contributed by atoms with Gasteiger partial charge in [0, 0.05) is 19.4 Å². The number of amides is 1. The Morgan fingerprint density at radius 3 is 2.85 bits per heavy atom. The van der Waals surface area contributed by atoms with Gasteiger partial charge in [0.15, 0.2) is 16.7 Å². The topological polar surface area (TPSA) is 64.0 Å². The third-order valence-electron chi connectivity index (χ3n) is 3.76. The third-order valence-corrected chi connectivity index (χ3v) is 5.11. The molecule has 1 aliphatic heterocycles. The van der Waals surface area contributed by atoms with Crippen LogP contribution in [0.2, 0.25) is 5.02 Å². The zero-order chi connectivity index (χ0) is 19.4. The number of rotatable bonds is 5. The van der Waals surface area contributed by atoms with Gasteiger partial charge >= 0.3 is 0 Å². The predicted octanol–water partition coefficient (Wildman–Crippen LogP) is 4.38. The van der Waals surface area contributed by atoms with E-state index < -0.39 is 0 Å². The molecule has 0 aliphatic carbocycles. The molecule has 0 atom stereocenters. The summed E-state index contributed by atoms with van der Waals surface area (Å²) in [6.45, 7) is 2.46. The molecule has 1 aliphatic rings. The van der Waals surface area contributed by atoms with Gasteiger partial charge < -0.3 is 9.47 Å². The molecule has 0 saturated carbocycles. The normalized spacial score (nSPS) is 17.0. The van der Waals surface area contributed by atoms with Crippen molar-refractivity contribution in [3.63, 3.8) is 0 Å². The quantitative estimate of drug-likeness (QED) is 0.693. The van der Waals surface area contributed by atoms with Crippen molar-refractivity contribution in [2.75, 3.05) is 20.8 Å². The number of pyridine rings is 1. The fraction of sp³-hybridized carbons (Fsp3) is 0.211. The van der Waals surface area contributed by atoms with Crippen LogP contribution in [0, 0.1) is 0 Å². The molecule has 2 heterocycles. The van der Waals surface area contributed by atoms with Gasteiger partial charge in [0.05, 0.1) is 29.3 Å². The van der Waals surface area contributed by atoms with Crippen LogP contribution in [-0.2, 0) is 4.79 Å². The SMILES string of the molecule is CCOc1ccc(/C=C2\SC(=Nc3ccncc3Cl)N(C)C2=O)cc1OC. The van der Waals surface area contributed by atoms with Crippen LogP contribution >= 0.6 is 23.4 Å². The summed E-state index contributed by atoms with van der Waals surface area (Å²) in [5.74, 6) is 1.16. The highest BCUT2D eigenvalue weighted by Crippen LogP contribution is 2.36. The van der Waals surface area contributed by atoms with Crippen LogP contribution in [0.1, 0.15) is 12.5 Å². The van der Waals surface area contributed by atoms with E-state index in [0.29, 0.717) is 38.9 Å². The van der Waals surface area contributed by atoms with Crippen LogP contribution in [0.25, 0.3) is 6.08 Å². The van der Waals surface area contributed by atoms with Crippen molar-refractivity contribution in [3.05, 3.63) is 52.2 Å². The molecule has 1 amide bonds. The van der Waals surface area contributed by atoms with Crippen molar-refractivity contribution < 1.29 is 14.3 Å². The second-order valence-electron chi connectivity index (χ2n) is 5.54. The minimum Gasteiger partial charge on any atom is -0.493 e. The number of likely N-dealkylation sites (N-methyl/N-ethyl adjacent to an activating group) is 1. The molecule has 1 aromatic carbocycles. The second kappa shape index (κ2) is 8.45. The van der Waals surface area contributed by atoms with Crippen LogP contribution in [0.4, 0.5) is 5.69 Å². The molecule has 1 fully saturated rings. The first-order chi connectivity index (χ1) is 13.0. The molecule has 1 saturated heterocycles. The van der Waals surface area contributed by atoms with E-state index >= 15 is 0 Å². The Kier molecular flexibility index (Phi) is 6.03. The minimum absolute atomic E-state index is 0.128. The number of carbonyl (C=O) groups is 1. The second-order valence-corrected chi connectivity index (χ2v) is 6.96. The number of carbonyl (C=O) groups excluding carboxylic acids is 1. The Balaban J connectivity index is 1.90. The molecule has 8 heteroatoms. The van der Waals surface area contributed by atoms with Crippen molar-refractivity contribution >= 4 is 46.2 Å². The molecular weight excluding hydrogens is 386 g/mol. The van der Waals surface area contributed by atoms with E-state index in [1.54, 1.807) is 32.5 Å². The van der Waals surface area contributed by atoms with Gasteiger partial charge in [-0.15, -0.1) is 0 Å². The summed E-state index contributed by atoms with van der Waals surface area (Å²) in [7, 11) is 3.27. The predicted molar refractivity (Wildman–Crippen MR) is 109 cm³/mol. The van der Waals surface area contributed by atoms with E-state index in [9.17, 15) is 4.79 Å². The number of hydrogen-bond acceptors (Lipinski definition) is 6. The number of thioether (sulfide) groups is 1. The Bertz CT molecular complexity index is 930. The van der Waals surface area contributed by atoms with Gasteiger partial charge in [0.1, 0.15) is 0 Å². The van der Waals surface area contributed by atoms with Crippen molar-refractivity contribution in [2.45, 2.75) is 6.92 Å². The van der Waals surface area contributed by atoms with Gasteiger partial charge in [0.2, 0.25) is 0 Å². The highest BCUT2D eigenvalue weighted by molar-refractivity contribution is 8.18. The van der Waals surface area contributed by atoms with Crippen molar-refractivity contribution in [1.82, 2.24) is 9.88 Å². The van der Waals surface area contributed by atoms with E-state index in [-0.39, 0.29) is 5.91 Å². The molecular formula is C19H18ClN3O3S. The first kappa shape index (κ1) is 19.3. The monoisotopic (exact) mass is 403 g/mol. The molecule has 0 radical (unpaired) electrons. The Hall–Kier alpha value is -2.51. The third kappa shape index (κ3) is 4.26. The number of methoxy groups -OCH3 is 1. The fourth-order valence-electron chi connectivity index (χ4n) is 2.41. The first-order valence-electron chi connectivity index (χ1n) is 8.20. The molecule has 0 spiro atoms. The van der Waals surface area contributed by atoms with Crippen molar-refractivity contribution in [3.8, 4) is 11.5 Å². The zero-order valence-corrected chi connectivity index (χ0v) is 16.7. The summed E-state index contributed by atoms with van der Waals surface area (Å²) in [5.41, 5.74) is 1.40. The first-order valence-corrected chi connectivity index (χ1v) is 9.39. The maximum atomic E-state index is 12.6. The number of nitrogens with zero attached hydrogens (tertiary/aromatic N) is 3. The molecule has 6 nitrogen and oxygen atoms in total. The average molecular weight is 404 g/mol. The number of aliphatic imine (C=N–C) groups is 1. The van der Waals surface area contributed by atoms with Crippen LogP contribution in [-0.4, -0.2) is 41.7 Å². The lowest BCUT2D eigenvalue weighted by Gasteiger charge is -2.09. The summed E-state index contributed by atoms with van der Waals surface area (Å²) < 4.78 is 10.9. The molecule has 140 valence electrons. The lowest BCUT2D eigenvalue weighted by molar-refractivity contribution is -0.121. The molecule has 2 aromatic rings. The van der Waals surface area contributed by atoms with Crippen LogP contribution in [0.15, 0.2) is 46.6 Å². The maximum Gasteiger partial charge on any atom is 0.266 e. The van der Waals surface area contributed by atoms with E-state index in [2.05, 4.69) is 9.98 Å². The van der Waals surface area contributed by atoms with E-state index in [1.165, 1.54) is 22.9 Å². The highest BCUT2D eigenvalue weighted by Gasteiger charge is 2.30. The number of hydrogen-bond donors (Lipinski definition) is 0. The van der Waals surface area contributed by atoms with E-state index in [4.69, 9.17) is 21.1 Å².